The molecule has 3 N–H and O–H groups in total. The van der Waals surface area contributed by atoms with Gasteiger partial charge in [-0.1, -0.05) is 6.42 Å². The van der Waals surface area contributed by atoms with Gasteiger partial charge in [-0.3, -0.25) is 0 Å². The number of aromatic nitrogens is 1. The maximum Gasteiger partial charge on any atom is 0.342 e. The third-order valence-electron chi connectivity index (χ3n) is 3.83. The fourth-order valence-corrected chi connectivity index (χ4v) is 2.70. The number of hydrazine groups is 1. The fraction of sp³-hybridized carbons (Fsp3) is 0.600. The quantitative estimate of drug-likeness (QED) is 0.830. The first-order valence-electron chi connectivity index (χ1n) is 7.50. The molecule has 1 aliphatic rings. The molecule has 1 aromatic rings. The zero-order chi connectivity index (χ0) is 15.4. The second-order valence-corrected chi connectivity index (χ2v) is 5.53. The van der Waals surface area contributed by atoms with Crippen LogP contribution >= 0.6 is 0 Å². The molecule has 0 aromatic carbocycles. The van der Waals surface area contributed by atoms with E-state index >= 15 is 0 Å². The first-order valence-corrected chi connectivity index (χ1v) is 7.50. The Morgan fingerprint density at radius 1 is 1.48 bits per heavy atom. The third kappa shape index (κ3) is 3.64. The van der Waals surface area contributed by atoms with Crippen LogP contribution in [0.5, 0.6) is 0 Å². The Balaban J connectivity index is 2.24. The summed E-state index contributed by atoms with van der Waals surface area (Å²) in [6.45, 7) is 6.44. The Morgan fingerprint density at radius 3 is 2.76 bits per heavy atom. The third-order valence-corrected chi connectivity index (χ3v) is 3.83. The number of pyridine rings is 1. The number of hydrogen-bond acceptors (Lipinski definition) is 6. The highest BCUT2D eigenvalue weighted by Gasteiger charge is 2.26. The van der Waals surface area contributed by atoms with Crippen molar-refractivity contribution in [1.82, 2.24) is 9.99 Å². The minimum Gasteiger partial charge on any atom is -0.462 e. The Morgan fingerprint density at radius 2 is 2.14 bits per heavy atom. The number of nitrogens with one attached hydrogen (secondary N) is 1. The summed E-state index contributed by atoms with van der Waals surface area (Å²) in [6, 6.07) is 2.39. The highest BCUT2D eigenvalue weighted by atomic mass is 16.5. The van der Waals surface area contributed by atoms with Crippen molar-refractivity contribution in [2.45, 2.75) is 52.1 Å². The van der Waals surface area contributed by atoms with E-state index < -0.39 is 5.97 Å². The molecule has 2 atom stereocenters. The number of rotatable bonds is 4. The highest BCUT2D eigenvalue weighted by molar-refractivity contribution is 5.95. The van der Waals surface area contributed by atoms with E-state index in [1.54, 1.807) is 19.2 Å². The number of anilines is 2. The van der Waals surface area contributed by atoms with Gasteiger partial charge in [-0.05, 0) is 39.7 Å². The van der Waals surface area contributed by atoms with Crippen LogP contribution in [0.15, 0.2) is 12.3 Å². The smallest absolute Gasteiger partial charge is 0.342 e. The predicted octanol–water partition coefficient (Wildman–Crippen LogP) is 2.43. The Bertz CT molecular complexity index is 496. The molecule has 1 fully saturated rings. The van der Waals surface area contributed by atoms with Crippen molar-refractivity contribution in [2.75, 3.05) is 17.8 Å². The van der Waals surface area contributed by atoms with Crippen molar-refractivity contribution in [3.63, 3.8) is 0 Å². The largest absolute Gasteiger partial charge is 0.462 e. The van der Waals surface area contributed by atoms with Crippen molar-refractivity contribution >= 4 is 17.5 Å². The first-order chi connectivity index (χ1) is 10.0. The molecule has 1 aromatic heterocycles. The summed E-state index contributed by atoms with van der Waals surface area (Å²) in [5, 5.41) is 2.16. The van der Waals surface area contributed by atoms with Gasteiger partial charge in [0, 0.05) is 12.1 Å². The average Bonchev–Trinajstić information content (AvgIpc) is 2.44. The molecule has 0 saturated carbocycles. The molecule has 2 rings (SSSR count). The normalized spacial score (nSPS) is 22.8. The van der Waals surface area contributed by atoms with E-state index in [0.717, 1.165) is 12.8 Å². The monoisotopic (exact) mass is 292 g/mol. The molecular weight excluding hydrogens is 268 g/mol. The summed E-state index contributed by atoms with van der Waals surface area (Å²) in [7, 11) is 0. The average molecular weight is 292 g/mol. The van der Waals surface area contributed by atoms with Crippen molar-refractivity contribution in [3.05, 3.63) is 17.8 Å². The van der Waals surface area contributed by atoms with Crippen LogP contribution in [0.3, 0.4) is 0 Å². The number of ether oxygens (including phenoxy) is 1. The molecule has 1 aliphatic heterocycles. The van der Waals surface area contributed by atoms with Gasteiger partial charge in [-0.15, -0.1) is 0 Å². The fourth-order valence-electron chi connectivity index (χ4n) is 2.70. The second kappa shape index (κ2) is 6.76. The lowest BCUT2D eigenvalue weighted by Gasteiger charge is -2.39. The maximum absolute atomic E-state index is 12.0. The van der Waals surface area contributed by atoms with Crippen LogP contribution in [0.4, 0.5) is 11.5 Å². The summed E-state index contributed by atoms with van der Waals surface area (Å²) < 4.78 is 5.07. The Labute approximate surface area is 125 Å². The molecule has 0 spiro atoms. The molecule has 21 heavy (non-hydrogen) atoms. The van der Waals surface area contributed by atoms with Gasteiger partial charge in [0.15, 0.2) is 5.82 Å². The minimum absolute atomic E-state index is 0.323. The number of nitrogens with zero attached hydrogens (tertiary/aromatic N) is 2. The molecule has 1 saturated heterocycles. The second-order valence-electron chi connectivity index (χ2n) is 5.53. The molecule has 116 valence electrons. The summed E-state index contributed by atoms with van der Waals surface area (Å²) >= 11 is 0. The van der Waals surface area contributed by atoms with E-state index in [4.69, 9.17) is 10.5 Å². The SMILES string of the molecule is CCOC(=O)c1cc(N)cnc1NN1C(C)CCCC1C. The number of carbonyl (C=O) groups excluding carboxylic acids is 1. The summed E-state index contributed by atoms with van der Waals surface area (Å²) in [4.78, 5) is 16.3. The molecular formula is C15H24N4O2. The van der Waals surface area contributed by atoms with Crippen LogP contribution in [-0.2, 0) is 4.74 Å². The molecule has 0 radical (unpaired) electrons. The molecule has 6 nitrogen and oxygen atoms in total. The van der Waals surface area contributed by atoms with Crippen molar-refractivity contribution in [2.24, 2.45) is 0 Å². The van der Waals surface area contributed by atoms with Gasteiger partial charge in [0.2, 0.25) is 0 Å². The van der Waals surface area contributed by atoms with Gasteiger partial charge in [-0.2, -0.15) is 0 Å². The van der Waals surface area contributed by atoms with E-state index in [1.165, 1.54) is 6.42 Å². The molecule has 2 unspecified atom stereocenters. The van der Waals surface area contributed by atoms with Gasteiger partial charge in [0.05, 0.1) is 18.5 Å². The zero-order valence-corrected chi connectivity index (χ0v) is 12.9. The van der Waals surface area contributed by atoms with E-state index in [9.17, 15) is 4.79 Å². The predicted molar refractivity (Wildman–Crippen MR) is 82.8 cm³/mol. The summed E-state index contributed by atoms with van der Waals surface area (Å²) in [5.41, 5.74) is 9.84. The van der Waals surface area contributed by atoms with E-state index in [2.05, 4.69) is 29.3 Å². The number of carbonyl (C=O) groups is 1. The molecule has 0 bridgehead atoms. The van der Waals surface area contributed by atoms with Crippen molar-refractivity contribution in [1.29, 1.82) is 0 Å². The summed E-state index contributed by atoms with van der Waals surface area (Å²) in [6.07, 6.45) is 5.02. The number of nitrogen functional groups attached to an aromatic ring is 1. The van der Waals surface area contributed by atoms with Crippen molar-refractivity contribution < 1.29 is 9.53 Å². The van der Waals surface area contributed by atoms with E-state index in [1.807, 2.05) is 0 Å². The molecule has 0 aliphatic carbocycles. The lowest BCUT2D eigenvalue weighted by atomic mass is 10.00. The standard InChI is InChI=1S/C15H24N4O2/c1-4-21-15(20)13-8-12(16)9-17-14(13)18-19-10(2)6-5-7-11(19)3/h8-11H,4-7,16H2,1-3H3,(H,17,18). The molecule has 2 heterocycles. The van der Waals surface area contributed by atoms with Gasteiger partial charge >= 0.3 is 5.97 Å². The lowest BCUT2D eigenvalue weighted by Crippen LogP contribution is -2.47. The number of esters is 1. The van der Waals surface area contributed by atoms with E-state index in [0.29, 0.717) is 35.8 Å². The van der Waals surface area contributed by atoms with Crippen molar-refractivity contribution in [3.8, 4) is 0 Å². The molecule has 6 heteroatoms. The summed E-state index contributed by atoms with van der Waals surface area (Å²) in [5.74, 6) is 0.0976. The van der Waals surface area contributed by atoms with Crippen LogP contribution < -0.4 is 11.2 Å². The first kappa shape index (κ1) is 15.6. The van der Waals surface area contributed by atoms with Gasteiger partial charge < -0.3 is 15.9 Å². The number of piperidine rings is 1. The minimum atomic E-state index is -0.405. The van der Waals surface area contributed by atoms with Gasteiger partial charge in [-0.25, -0.2) is 14.8 Å². The van der Waals surface area contributed by atoms with Crippen LogP contribution in [-0.4, -0.2) is 34.7 Å². The highest BCUT2D eigenvalue weighted by Crippen LogP contribution is 2.25. The number of hydrogen-bond donors (Lipinski definition) is 2. The van der Waals surface area contributed by atoms with Crippen LogP contribution in [0.1, 0.15) is 50.4 Å². The zero-order valence-electron chi connectivity index (χ0n) is 12.9. The maximum atomic E-state index is 12.0. The lowest BCUT2D eigenvalue weighted by molar-refractivity contribution is 0.0525. The van der Waals surface area contributed by atoms with E-state index in [-0.39, 0.29) is 0 Å². The van der Waals surface area contributed by atoms with Gasteiger partial charge in [0.1, 0.15) is 5.56 Å². The van der Waals surface area contributed by atoms with Crippen LogP contribution in [0.25, 0.3) is 0 Å². The Hall–Kier alpha value is -1.82. The van der Waals surface area contributed by atoms with Crippen LogP contribution in [0.2, 0.25) is 0 Å². The topological polar surface area (TPSA) is 80.5 Å². The van der Waals surface area contributed by atoms with Gasteiger partial charge in [0.25, 0.3) is 0 Å². The van der Waals surface area contributed by atoms with Crippen LogP contribution in [0, 0.1) is 0 Å². The number of nitrogens with two attached hydrogens (primary N) is 1. The molecule has 0 amide bonds. The Kier molecular flexibility index (Phi) is 5.01.